The number of hydrogen-bond donors (Lipinski definition) is 1. The molecule has 100 valence electrons. The first-order chi connectivity index (χ1) is 9.70. The number of carbonyl (C=O) groups is 1. The SMILES string of the molecule is CCc1oc2ccccc2c1C(=O)c1cccc(O)c1. The lowest BCUT2D eigenvalue weighted by Crippen LogP contribution is -2.03. The molecule has 0 amide bonds. The summed E-state index contributed by atoms with van der Waals surface area (Å²) < 4.78 is 5.74. The molecule has 3 aromatic rings. The highest BCUT2D eigenvalue weighted by Gasteiger charge is 2.20. The number of phenols is 1. The number of para-hydroxylation sites is 1. The monoisotopic (exact) mass is 266 g/mol. The molecule has 3 rings (SSSR count). The van der Waals surface area contributed by atoms with E-state index in [0.717, 1.165) is 5.39 Å². The highest BCUT2D eigenvalue weighted by Crippen LogP contribution is 2.29. The van der Waals surface area contributed by atoms with E-state index in [0.29, 0.717) is 28.9 Å². The Balaban J connectivity index is 2.20. The van der Waals surface area contributed by atoms with Crippen LogP contribution in [0.4, 0.5) is 0 Å². The van der Waals surface area contributed by atoms with Crippen molar-refractivity contribution in [3.05, 3.63) is 65.4 Å². The average Bonchev–Trinajstić information content (AvgIpc) is 2.85. The van der Waals surface area contributed by atoms with Crippen molar-refractivity contribution in [2.45, 2.75) is 13.3 Å². The molecule has 1 N–H and O–H groups in total. The van der Waals surface area contributed by atoms with Gasteiger partial charge in [-0.15, -0.1) is 0 Å². The zero-order valence-electron chi connectivity index (χ0n) is 11.1. The molecule has 0 radical (unpaired) electrons. The number of aromatic hydroxyl groups is 1. The van der Waals surface area contributed by atoms with Gasteiger partial charge in [-0.25, -0.2) is 0 Å². The lowest BCUT2D eigenvalue weighted by atomic mass is 9.99. The summed E-state index contributed by atoms with van der Waals surface area (Å²) in [6.45, 7) is 1.96. The van der Waals surface area contributed by atoms with Gasteiger partial charge in [0.25, 0.3) is 0 Å². The molecule has 0 saturated carbocycles. The minimum atomic E-state index is -0.122. The standard InChI is InChI=1S/C17H14O3/c1-2-14-16(13-8-3-4-9-15(13)20-14)17(19)11-6-5-7-12(18)10-11/h3-10,18H,2H2,1H3. The van der Waals surface area contributed by atoms with Crippen LogP contribution >= 0.6 is 0 Å². The summed E-state index contributed by atoms with van der Waals surface area (Å²) in [7, 11) is 0. The molecule has 0 saturated heterocycles. The number of hydrogen-bond acceptors (Lipinski definition) is 3. The maximum Gasteiger partial charge on any atom is 0.197 e. The zero-order valence-corrected chi connectivity index (χ0v) is 11.1. The molecule has 20 heavy (non-hydrogen) atoms. The fraction of sp³-hybridized carbons (Fsp3) is 0.118. The van der Waals surface area contributed by atoms with Crippen LogP contribution in [0.1, 0.15) is 28.6 Å². The normalized spacial score (nSPS) is 10.8. The topological polar surface area (TPSA) is 50.4 Å². The number of ketones is 1. The number of aryl methyl sites for hydroxylation is 1. The van der Waals surface area contributed by atoms with Gasteiger partial charge in [0, 0.05) is 17.4 Å². The molecule has 0 aliphatic heterocycles. The fourth-order valence-corrected chi connectivity index (χ4v) is 2.39. The molecule has 3 nitrogen and oxygen atoms in total. The first kappa shape index (κ1) is 12.5. The first-order valence-electron chi connectivity index (χ1n) is 6.55. The van der Waals surface area contributed by atoms with E-state index < -0.39 is 0 Å². The smallest absolute Gasteiger partial charge is 0.197 e. The predicted octanol–water partition coefficient (Wildman–Crippen LogP) is 3.93. The lowest BCUT2D eigenvalue weighted by Gasteiger charge is -2.02. The van der Waals surface area contributed by atoms with E-state index in [4.69, 9.17) is 4.42 Å². The van der Waals surface area contributed by atoms with Gasteiger partial charge in [-0.05, 0) is 18.2 Å². The van der Waals surface area contributed by atoms with Crippen molar-refractivity contribution in [2.24, 2.45) is 0 Å². The first-order valence-corrected chi connectivity index (χ1v) is 6.55. The fourth-order valence-electron chi connectivity index (χ4n) is 2.39. The van der Waals surface area contributed by atoms with Crippen molar-refractivity contribution in [1.29, 1.82) is 0 Å². The van der Waals surface area contributed by atoms with Crippen molar-refractivity contribution in [1.82, 2.24) is 0 Å². The Hall–Kier alpha value is -2.55. The Kier molecular flexibility index (Phi) is 3.03. The molecule has 0 spiro atoms. The predicted molar refractivity (Wildman–Crippen MR) is 77.1 cm³/mol. The molecule has 1 aromatic heterocycles. The van der Waals surface area contributed by atoms with Gasteiger partial charge in [-0.1, -0.05) is 37.3 Å². The average molecular weight is 266 g/mol. The molecule has 2 aromatic carbocycles. The quantitative estimate of drug-likeness (QED) is 0.731. The van der Waals surface area contributed by atoms with Gasteiger partial charge >= 0.3 is 0 Å². The minimum Gasteiger partial charge on any atom is -0.508 e. The van der Waals surface area contributed by atoms with Gasteiger partial charge in [0.15, 0.2) is 5.78 Å². The zero-order chi connectivity index (χ0) is 14.1. The van der Waals surface area contributed by atoms with Crippen molar-refractivity contribution >= 4 is 16.8 Å². The summed E-state index contributed by atoms with van der Waals surface area (Å²) in [5.74, 6) is 0.643. The number of rotatable bonds is 3. The summed E-state index contributed by atoms with van der Waals surface area (Å²) in [5, 5.41) is 10.3. The molecular weight excluding hydrogens is 252 g/mol. The summed E-state index contributed by atoms with van der Waals surface area (Å²) in [4.78, 5) is 12.7. The van der Waals surface area contributed by atoms with Crippen LogP contribution in [0.15, 0.2) is 52.9 Å². The number of furan rings is 1. The minimum absolute atomic E-state index is 0.0849. The maximum atomic E-state index is 12.7. The van der Waals surface area contributed by atoms with Gasteiger partial charge in [-0.2, -0.15) is 0 Å². The Morgan fingerprint density at radius 2 is 1.95 bits per heavy atom. The third kappa shape index (κ3) is 1.97. The van der Waals surface area contributed by atoms with Crippen molar-refractivity contribution < 1.29 is 14.3 Å². The Morgan fingerprint density at radius 1 is 1.15 bits per heavy atom. The van der Waals surface area contributed by atoms with Crippen LogP contribution in [0.2, 0.25) is 0 Å². The second kappa shape index (κ2) is 4.85. The molecule has 3 heteroatoms. The van der Waals surface area contributed by atoms with E-state index in [9.17, 15) is 9.90 Å². The third-order valence-corrected chi connectivity index (χ3v) is 3.32. The van der Waals surface area contributed by atoms with Crippen LogP contribution in [0, 0.1) is 0 Å². The largest absolute Gasteiger partial charge is 0.508 e. The van der Waals surface area contributed by atoms with E-state index in [2.05, 4.69) is 0 Å². The van der Waals surface area contributed by atoms with E-state index in [1.165, 1.54) is 6.07 Å². The van der Waals surface area contributed by atoms with Crippen molar-refractivity contribution in [3.8, 4) is 5.75 Å². The molecule has 0 aliphatic rings. The van der Waals surface area contributed by atoms with Crippen LogP contribution in [0.3, 0.4) is 0 Å². The second-order valence-electron chi connectivity index (χ2n) is 4.63. The number of carbonyl (C=O) groups excluding carboxylic acids is 1. The number of benzene rings is 2. The number of phenolic OH excluding ortho intramolecular Hbond substituents is 1. The Bertz CT molecular complexity index is 784. The lowest BCUT2D eigenvalue weighted by molar-refractivity contribution is 0.103. The Morgan fingerprint density at radius 3 is 2.70 bits per heavy atom. The van der Waals surface area contributed by atoms with Crippen LogP contribution in [0.5, 0.6) is 5.75 Å². The molecule has 0 fully saturated rings. The van der Waals surface area contributed by atoms with Crippen molar-refractivity contribution in [2.75, 3.05) is 0 Å². The van der Waals surface area contributed by atoms with Crippen LogP contribution < -0.4 is 0 Å². The summed E-state index contributed by atoms with van der Waals surface area (Å²) in [6, 6.07) is 13.9. The van der Waals surface area contributed by atoms with Crippen LogP contribution in [-0.4, -0.2) is 10.9 Å². The van der Waals surface area contributed by atoms with Gasteiger partial charge < -0.3 is 9.52 Å². The van der Waals surface area contributed by atoms with Crippen LogP contribution in [0.25, 0.3) is 11.0 Å². The van der Waals surface area contributed by atoms with Gasteiger partial charge in [-0.3, -0.25) is 4.79 Å². The molecular formula is C17H14O3. The van der Waals surface area contributed by atoms with Crippen LogP contribution in [-0.2, 0) is 6.42 Å². The van der Waals surface area contributed by atoms with Crippen molar-refractivity contribution in [3.63, 3.8) is 0 Å². The Labute approximate surface area is 116 Å². The van der Waals surface area contributed by atoms with Gasteiger partial charge in [0.05, 0.1) is 5.56 Å². The molecule has 1 heterocycles. The summed E-state index contributed by atoms with van der Waals surface area (Å²) >= 11 is 0. The van der Waals surface area contributed by atoms with E-state index in [1.54, 1.807) is 18.2 Å². The summed E-state index contributed by atoms with van der Waals surface area (Å²) in [5.41, 5.74) is 1.77. The highest BCUT2D eigenvalue weighted by atomic mass is 16.3. The number of fused-ring (bicyclic) bond motifs is 1. The molecule has 0 aliphatic carbocycles. The van der Waals surface area contributed by atoms with E-state index >= 15 is 0 Å². The van der Waals surface area contributed by atoms with Gasteiger partial charge in [0.2, 0.25) is 0 Å². The maximum absolute atomic E-state index is 12.7. The molecule has 0 atom stereocenters. The third-order valence-electron chi connectivity index (χ3n) is 3.32. The van der Waals surface area contributed by atoms with E-state index in [1.807, 2.05) is 31.2 Å². The van der Waals surface area contributed by atoms with E-state index in [-0.39, 0.29) is 11.5 Å². The molecule has 0 bridgehead atoms. The second-order valence-corrected chi connectivity index (χ2v) is 4.63. The molecule has 0 unspecified atom stereocenters. The highest BCUT2D eigenvalue weighted by molar-refractivity contribution is 6.17. The summed E-state index contributed by atoms with van der Waals surface area (Å²) in [6.07, 6.45) is 0.647. The van der Waals surface area contributed by atoms with Gasteiger partial charge in [0.1, 0.15) is 17.1 Å².